The lowest BCUT2D eigenvalue weighted by Crippen LogP contribution is -2.21. The van der Waals surface area contributed by atoms with Crippen LogP contribution in [0.5, 0.6) is 5.75 Å². The van der Waals surface area contributed by atoms with Gasteiger partial charge in [-0.1, -0.05) is 72.8 Å². The van der Waals surface area contributed by atoms with Crippen molar-refractivity contribution in [3.05, 3.63) is 135 Å². The van der Waals surface area contributed by atoms with E-state index in [-0.39, 0.29) is 12.5 Å². The van der Waals surface area contributed by atoms with Gasteiger partial charge in [0.15, 0.2) is 0 Å². The Morgan fingerprint density at radius 3 is 2.27 bits per heavy atom. The number of para-hydroxylation sites is 2. The van der Waals surface area contributed by atoms with E-state index in [1.54, 1.807) is 18.2 Å². The zero-order valence-electron chi connectivity index (χ0n) is 21.3. The fourth-order valence-corrected chi connectivity index (χ4v) is 5.59. The molecule has 40 heavy (non-hydrogen) atoms. The minimum atomic E-state index is -4.41. The lowest BCUT2D eigenvalue weighted by Gasteiger charge is -2.30. The second-order valence-corrected chi connectivity index (χ2v) is 9.93. The number of fused-ring (bicyclic) bond motifs is 2. The summed E-state index contributed by atoms with van der Waals surface area (Å²) in [6.45, 7) is 0.0440. The molecule has 0 radical (unpaired) electrons. The van der Waals surface area contributed by atoms with Crippen molar-refractivity contribution in [1.29, 1.82) is 0 Å². The van der Waals surface area contributed by atoms with Crippen LogP contribution in [0.2, 0.25) is 0 Å². The van der Waals surface area contributed by atoms with Crippen LogP contribution < -0.4 is 10.4 Å². The Bertz CT molecular complexity index is 1740. The Labute approximate surface area is 228 Å². The first-order valence-electron chi connectivity index (χ1n) is 13.0. The van der Waals surface area contributed by atoms with E-state index in [9.17, 15) is 23.1 Å². The summed E-state index contributed by atoms with van der Waals surface area (Å²) in [5.74, 6) is 0.182. The lowest BCUT2D eigenvalue weighted by molar-refractivity contribution is -0.137. The molecule has 0 fully saturated rings. The molecule has 4 aromatic carbocycles. The first-order valence-corrected chi connectivity index (χ1v) is 13.0. The van der Waals surface area contributed by atoms with E-state index in [0.717, 1.165) is 28.6 Å². The molecule has 1 heterocycles. The third kappa shape index (κ3) is 4.77. The van der Waals surface area contributed by atoms with Gasteiger partial charge < -0.3 is 14.3 Å². The molecule has 4 nitrogen and oxygen atoms in total. The topological polar surface area (TPSA) is 59.7 Å². The maximum Gasteiger partial charge on any atom is 0.416 e. The van der Waals surface area contributed by atoms with Crippen LogP contribution in [0.15, 0.2) is 106 Å². The van der Waals surface area contributed by atoms with Gasteiger partial charge in [-0.25, -0.2) is 4.79 Å². The molecular weight excluding hydrogens is 517 g/mol. The minimum Gasteiger partial charge on any atom is -0.488 e. The molecule has 0 spiro atoms. The van der Waals surface area contributed by atoms with Crippen LogP contribution in [-0.2, 0) is 12.8 Å². The molecule has 1 aliphatic carbocycles. The summed E-state index contributed by atoms with van der Waals surface area (Å²) in [4.78, 5) is 13.7. The third-order valence-electron chi connectivity index (χ3n) is 7.49. The van der Waals surface area contributed by atoms with Crippen LogP contribution in [0, 0.1) is 0 Å². The molecule has 0 amide bonds. The first-order chi connectivity index (χ1) is 19.3. The van der Waals surface area contributed by atoms with Gasteiger partial charge in [-0.2, -0.15) is 13.2 Å². The van der Waals surface area contributed by atoms with Crippen molar-refractivity contribution in [1.82, 2.24) is 0 Å². The highest BCUT2D eigenvalue weighted by atomic mass is 19.4. The van der Waals surface area contributed by atoms with Gasteiger partial charge in [0, 0.05) is 22.4 Å². The number of hydrogen-bond donors (Lipinski definition) is 1. The smallest absolute Gasteiger partial charge is 0.416 e. The molecule has 0 saturated carbocycles. The van der Waals surface area contributed by atoms with Crippen LogP contribution in [0.1, 0.15) is 52.7 Å². The minimum absolute atomic E-state index is 0.0440. The predicted octanol–water partition coefficient (Wildman–Crippen LogP) is 8.02. The van der Waals surface area contributed by atoms with Crippen molar-refractivity contribution in [2.45, 2.75) is 37.6 Å². The summed E-state index contributed by atoms with van der Waals surface area (Å²) in [7, 11) is 0. The Kier molecular flexibility index (Phi) is 6.68. The highest BCUT2D eigenvalue weighted by Gasteiger charge is 2.33. The van der Waals surface area contributed by atoms with E-state index in [1.165, 1.54) is 12.1 Å². The Morgan fingerprint density at radius 1 is 0.825 bits per heavy atom. The first kappa shape index (κ1) is 25.9. The monoisotopic (exact) mass is 542 g/mol. The molecule has 7 heteroatoms. The number of alkyl halides is 3. The van der Waals surface area contributed by atoms with Crippen molar-refractivity contribution in [3.8, 4) is 16.9 Å². The fraction of sp³-hybridized carbons (Fsp3) is 0.182. The Morgan fingerprint density at radius 2 is 1.50 bits per heavy atom. The number of aliphatic hydroxyl groups excluding tert-OH is 1. The van der Waals surface area contributed by atoms with E-state index >= 15 is 0 Å². The summed E-state index contributed by atoms with van der Waals surface area (Å²) in [6, 6.07) is 27.1. The molecular formula is C33H25F3O4. The maximum absolute atomic E-state index is 13.7. The zero-order chi connectivity index (χ0) is 27.9. The molecule has 1 N–H and O–H groups in total. The summed E-state index contributed by atoms with van der Waals surface area (Å²) < 4.78 is 51.0. The molecule has 202 valence electrons. The normalized spacial score (nSPS) is 17.0. The summed E-state index contributed by atoms with van der Waals surface area (Å²) in [5.41, 5.74) is 3.37. The lowest BCUT2D eigenvalue weighted by atomic mass is 9.75. The average molecular weight is 543 g/mol. The van der Waals surface area contributed by atoms with Crippen molar-refractivity contribution >= 4 is 11.0 Å². The number of halogens is 3. The van der Waals surface area contributed by atoms with E-state index in [2.05, 4.69) is 0 Å². The van der Waals surface area contributed by atoms with Gasteiger partial charge in [-0.05, 0) is 53.8 Å². The molecule has 0 aliphatic heterocycles. The van der Waals surface area contributed by atoms with Gasteiger partial charge in [-0.15, -0.1) is 0 Å². The predicted molar refractivity (Wildman–Crippen MR) is 146 cm³/mol. The molecule has 0 saturated heterocycles. The number of benzene rings is 4. The van der Waals surface area contributed by atoms with Crippen LogP contribution >= 0.6 is 0 Å². The molecule has 2 unspecified atom stereocenters. The second kappa shape index (κ2) is 10.3. The van der Waals surface area contributed by atoms with Crippen molar-refractivity contribution in [3.63, 3.8) is 0 Å². The van der Waals surface area contributed by atoms with Crippen LogP contribution in [0.4, 0.5) is 13.2 Å². The van der Waals surface area contributed by atoms with Gasteiger partial charge >= 0.3 is 11.8 Å². The number of ether oxygens (including phenoxy) is 1. The van der Waals surface area contributed by atoms with Crippen LogP contribution in [0.3, 0.4) is 0 Å². The summed E-state index contributed by atoms with van der Waals surface area (Å²) >= 11 is 0. The highest BCUT2D eigenvalue weighted by Crippen LogP contribution is 2.46. The van der Waals surface area contributed by atoms with Gasteiger partial charge in [-0.3, -0.25) is 0 Å². The quantitative estimate of drug-likeness (QED) is 0.229. The van der Waals surface area contributed by atoms with Crippen molar-refractivity contribution in [2.24, 2.45) is 0 Å². The van der Waals surface area contributed by atoms with E-state index in [0.29, 0.717) is 46.4 Å². The SMILES string of the molecule is O=c1oc2ccccc2c(-c2ccccc2OCc2ccc(C(F)(F)F)cc2)c1C1CCC(O)c2ccccc21. The van der Waals surface area contributed by atoms with Crippen molar-refractivity contribution in [2.75, 3.05) is 0 Å². The zero-order valence-corrected chi connectivity index (χ0v) is 21.3. The molecule has 1 aliphatic rings. The maximum atomic E-state index is 13.7. The third-order valence-corrected chi connectivity index (χ3v) is 7.49. The molecule has 1 aromatic heterocycles. The van der Waals surface area contributed by atoms with Gasteiger partial charge in [0.2, 0.25) is 0 Å². The standard InChI is InChI=1S/C33H25F3O4/c34-33(35,36)21-15-13-20(14-16-21)19-39-28-11-5-3-9-25(28)30-26-10-4-6-12-29(26)40-32(38)31(30)24-17-18-27(37)23-8-2-1-7-22(23)24/h1-16,24,27,37H,17-19H2. The number of aliphatic hydroxyl groups is 1. The van der Waals surface area contributed by atoms with E-state index in [1.807, 2.05) is 54.6 Å². The molecule has 5 aromatic rings. The molecule has 6 rings (SSSR count). The van der Waals surface area contributed by atoms with Gasteiger partial charge in [0.1, 0.15) is 17.9 Å². The van der Waals surface area contributed by atoms with Crippen LogP contribution in [0.25, 0.3) is 22.1 Å². The Hall–Kier alpha value is -4.36. The summed E-state index contributed by atoms with van der Waals surface area (Å²) in [5, 5.41) is 11.4. The average Bonchev–Trinajstić information content (AvgIpc) is 2.96. The van der Waals surface area contributed by atoms with E-state index < -0.39 is 23.5 Å². The molecule has 2 atom stereocenters. The number of hydrogen-bond acceptors (Lipinski definition) is 4. The highest BCUT2D eigenvalue weighted by molar-refractivity contribution is 5.97. The van der Waals surface area contributed by atoms with Gasteiger partial charge in [0.25, 0.3) is 0 Å². The largest absolute Gasteiger partial charge is 0.488 e. The van der Waals surface area contributed by atoms with E-state index in [4.69, 9.17) is 9.15 Å². The van der Waals surface area contributed by atoms with Crippen LogP contribution in [-0.4, -0.2) is 5.11 Å². The van der Waals surface area contributed by atoms with Gasteiger partial charge in [0.05, 0.1) is 17.2 Å². The molecule has 0 bridgehead atoms. The number of rotatable bonds is 5. The second-order valence-electron chi connectivity index (χ2n) is 9.93. The van der Waals surface area contributed by atoms with Crippen molar-refractivity contribution < 1.29 is 27.4 Å². The summed E-state index contributed by atoms with van der Waals surface area (Å²) in [6.07, 6.45) is -3.96. The Balaban J connectivity index is 1.47. The fourth-order valence-electron chi connectivity index (χ4n) is 5.59.